The first kappa shape index (κ1) is 15.4. The normalized spacial score (nSPS) is 11.4. The maximum absolute atomic E-state index is 8.93. The predicted octanol–water partition coefficient (Wildman–Crippen LogP) is 4.51. The number of fused-ring (bicyclic) bond motifs is 1. The van der Waals surface area contributed by atoms with Gasteiger partial charge in [0.2, 0.25) is 0 Å². The summed E-state index contributed by atoms with van der Waals surface area (Å²) in [7, 11) is 0. The lowest BCUT2D eigenvalue weighted by Crippen LogP contribution is -2.16. The van der Waals surface area contributed by atoms with Crippen LogP contribution < -0.4 is 0 Å². The molecule has 0 unspecified atom stereocenters. The Balaban J connectivity index is 2.28. The van der Waals surface area contributed by atoms with E-state index in [-0.39, 0.29) is 5.41 Å². The van der Waals surface area contributed by atoms with E-state index in [1.807, 2.05) is 32.9 Å². The molecule has 0 N–H and O–H groups in total. The number of nitriles is 1. The Morgan fingerprint density at radius 3 is 2.35 bits per heavy atom. The fourth-order valence-electron chi connectivity index (χ4n) is 2.28. The van der Waals surface area contributed by atoms with Crippen LogP contribution in [-0.4, -0.2) is 15.0 Å². The molecule has 0 aliphatic heterocycles. The highest BCUT2D eigenvalue weighted by Gasteiger charge is 2.20. The number of hydrogen-bond acceptors (Lipinski definition) is 4. The van der Waals surface area contributed by atoms with Gasteiger partial charge in [0.05, 0.1) is 22.5 Å². The van der Waals surface area contributed by atoms with Crippen molar-refractivity contribution < 1.29 is 0 Å². The molecule has 2 heterocycles. The van der Waals surface area contributed by atoms with Crippen molar-refractivity contribution in [2.24, 2.45) is 0 Å². The summed E-state index contributed by atoms with van der Waals surface area (Å²) in [4.78, 5) is 13.4. The van der Waals surface area contributed by atoms with Gasteiger partial charge in [0, 0.05) is 23.4 Å². The van der Waals surface area contributed by atoms with Crippen LogP contribution in [0.5, 0.6) is 0 Å². The summed E-state index contributed by atoms with van der Waals surface area (Å²) in [5, 5.41) is 10.1. The monoisotopic (exact) mass is 322 g/mol. The van der Waals surface area contributed by atoms with Gasteiger partial charge in [0.1, 0.15) is 11.0 Å². The first-order valence-electron chi connectivity index (χ1n) is 7.22. The van der Waals surface area contributed by atoms with Crippen molar-refractivity contribution in [1.82, 2.24) is 15.0 Å². The molecular formula is C18H15ClN4. The Labute approximate surface area is 139 Å². The summed E-state index contributed by atoms with van der Waals surface area (Å²) in [5.74, 6) is 0.691. The summed E-state index contributed by atoms with van der Waals surface area (Å²) in [6.07, 6.45) is 3.44. The van der Waals surface area contributed by atoms with E-state index in [1.54, 1.807) is 24.5 Å². The third-order valence-electron chi connectivity index (χ3n) is 3.56. The number of hydrogen-bond donors (Lipinski definition) is 0. The number of halogens is 1. The lowest BCUT2D eigenvalue weighted by Gasteiger charge is -2.18. The number of aromatic nitrogens is 3. The van der Waals surface area contributed by atoms with Crippen LogP contribution in [0.15, 0.2) is 36.7 Å². The quantitative estimate of drug-likeness (QED) is 0.618. The molecule has 4 nitrogen and oxygen atoms in total. The molecule has 2 aromatic heterocycles. The second-order valence-corrected chi connectivity index (χ2v) is 6.72. The highest BCUT2D eigenvalue weighted by molar-refractivity contribution is 6.34. The third-order valence-corrected chi connectivity index (χ3v) is 3.85. The number of rotatable bonds is 1. The molecule has 0 amide bonds. The first-order chi connectivity index (χ1) is 10.9. The largest absolute Gasteiger partial charge is 0.263 e. The maximum atomic E-state index is 8.93. The number of benzene rings is 1. The van der Waals surface area contributed by atoms with E-state index in [1.165, 1.54) is 0 Å². The minimum atomic E-state index is -0.205. The van der Waals surface area contributed by atoms with Crippen LogP contribution in [0.3, 0.4) is 0 Å². The summed E-state index contributed by atoms with van der Waals surface area (Å²) < 4.78 is 0. The van der Waals surface area contributed by atoms with E-state index < -0.39 is 0 Å². The van der Waals surface area contributed by atoms with E-state index in [0.29, 0.717) is 16.5 Å². The van der Waals surface area contributed by atoms with Gasteiger partial charge in [-0.3, -0.25) is 4.98 Å². The van der Waals surface area contributed by atoms with Crippen molar-refractivity contribution in [3.05, 3.63) is 53.2 Å². The zero-order chi connectivity index (χ0) is 16.6. The van der Waals surface area contributed by atoms with Crippen molar-refractivity contribution in [2.45, 2.75) is 26.2 Å². The maximum Gasteiger partial charge on any atom is 0.142 e. The Morgan fingerprint density at radius 2 is 1.74 bits per heavy atom. The van der Waals surface area contributed by atoms with Crippen molar-refractivity contribution in [3.8, 4) is 17.2 Å². The highest BCUT2D eigenvalue weighted by Crippen LogP contribution is 2.31. The van der Waals surface area contributed by atoms with Gasteiger partial charge in [0.25, 0.3) is 0 Å². The molecule has 0 saturated carbocycles. The molecule has 23 heavy (non-hydrogen) atoms. The predicted molar refractivity (Wildman–Crippen MR) is 91.2 cm³/mol. The van der Waals surface area contributed by atoms with Crippen LogP contribution in [0.25, 0.3) is 22.0 Å². The summed E-state index contributed by atoms with van der Waals surface area (Å²) >= 11 is 6.34. The zero-order valence-corrected chi connectivity index (χ0v) is 13.9. The third kappa shape index (κ3) is 2.88. The topological polar surface area (TPSA) is 62.5 Å². The van der Waals surface area contributed by atoms with Crippen LogP contribution in [0.4, 0.5) is 0 Å². The van der Waals surface area contributed by atoms with Crippen molar-refractivity contribution in [2.75, 3.05) is 0 Å². The van der Waals surface area contributed by atoms with Crippen LogP contribution in [-0.2, 0) is 5.41 Å². The summed E-state index contributed by atoms with van der Waals surface area (Å²) in [6.45, 7) is 6.15. The van der Waals surface area contributed by atoms with Gasteiger partial charge in [-0.25, -0.2) is 9.97 Å². The van der Waals surface area contributed by atoms with Gasteiger partial charge in [-0.05, 0) is 17.7 Å². The van der Waals surface area contributed by atoms with Crippen molar-refractivity contribution >= 4 is 22.5 Å². The zero-order valence-electron chi connectivity index (χ0n) is 13.1. The van der Waals surface area contributed by atoms with Gasteiger partial charge >= 0.3 is 0 Å². The SMILES string of the molecule is CC(C)(C)c1nc(Cl)c2cncc(-c3ccc(C#N)cc3)c2n1. The van der Waals surface area contributed by atoms with Crippen LogP contribution in [0.2, 0.25) is 5.15 Å². The first-order valence-corrected chi connectivity index (χ1v) is 7.60. The molecule has 0 spiro atoms. The minimum Gasteiger partial charge on any atom is -0.263 e. The van der Waals surface area contributed by atoms with Gasteiger partial charge < -0.3 is 0 Å². The molecule has 5 heteroatoms. The molecule has 0 fully saturated rings. The Hall–Kier alpha value is -2.51. The molecule has 0 bridgehead atoms. The van der Waals surface area contributed by atoms with E-state index in [2.05, 4.69) is 16.0 Å². The van der Waals surface area contributed by atoms with Gasteiger partial charge in [-0.1, -0.05) is 44.5 Å². The molecule has 0 aliphatic carbocycles. The van der Waals surface area contributed by atoms with Crippen LogP contribution >= 0.6 is 11.6 Å². The Kier molecular flexibility index (Phi) is 3.75. The molecule has 1 aromatic carbocycles. The second-order valence-electron chi connectivity index (χ2n) is 6.36. The lowest BCUT2D eigenvalue weighted by molar-refractivity contribution is 0.548. The van der Waals surface area contributed by atoms with Gasteiger partial charge in [-0.15, -0.1) is 0 Å². The molecule has 3 rings (SSSR count). The lowest BCUT2D eigenvalue weighted by atomic mass is 9.95. The number of pyridine rings is 1. The smallest absolute Gasteiger partial charge is 0.142 e. The average Bonchev–Trinajstić information content (AvgIpc) is 2.53. The minimum absolute atomic E-state index is 0.205. The molecule has 0 atom stereocenters. The molecule has 3 aromatic rings. The Bertz CT molecular complexity index is 919. The van der Waals surface area contributed by atoms with Gasteiger partial charge in [0.15, 0.2) is 0 Å². The fourth-order valence-corrected chi connectivity index (χ4v) is 2.50. The highest BCUT2D eigenvalue weighted by atomic mass is 35.5. The van der Waals surface area contributed by atoms with E-state index in [0.717, 1.165) is 22.0 Å². The summed E-state index contributed by atoms with van der Waals surface area (Å²) in [5.41, 5.74) is 3.00. The molecule has 0 saturated heterocycles. The van der Waals surface area contributed by atoms with Crippen molar-refractivity contribution in [1.29, 1.82) is 5.26 Å². The molecule has 0 radical (unpaired) electrons. The van der Waals surface area contributed by atoms with E-state index >= 15 is 0 Å². The summed E-state index contributed by atoms with van der Waals surface area (Å²) in [6, 6.07) is 9.46. The molecule has 114 valence electrons. The molecule has 0 aliphatic rings. The molecular weight excluding hydrogens is 308 g/mol. The standard InChI is InChI=1S/C18H15ClN4/c1-18(2,3)17-22-15-13(9-21-10-14(15)16(19)23-17)12-6-4-11(8-20)5-7-12/h4-7,9-10H,1-3H3. The van der Waals surface area contributed by atoms with Crippen molar-refractivity contribution in [3.63, 3.8) is 0 Å². The van der Waals surface area contributed by atoms with E-state index in [9.17, 15) is 0 Å². The van der Waals surface area contributed by atoms with E-state index in [4.69, 9.17) is 21.8 Å². The fraction of sp³-hybridized carbons (Fsp3) is 0.222. The Morgan fingerprint density at radius 1 is 1.04 bits per heavy atom. The second kappa shape index (κ2) is 5.60. The average molecular weight is 323 g/mol. The van der Waals surface area contributed by atoms with Crippen LogP contribution in [0, 0.1) is 11.3 Å². The van der Waals surface area contributed by atoms with Crippen LogP contribution in [0.1, 0.15) is 32.2 Å². The number of nitrogens with zero attached hydrogens (tertiary/aromatic N) is 4. The van der Waals surface area contributed by atoms with Gasteiger partial charge in [-0.2, -0.15) is 5.26 Å².